The summed E-state index contributed by atoms with van der Waals surface area (Å²) in [6, 6.07) is 0.886. The molecule has 0 aromatic rings. The summed E-state index contributed by atoms with van der Waals surface area (Å²) < 4.78 is 0. The minimum atomic E-state index is 0.851. The quantitative estimate of drug-likeness (QED) is 0.625. The fraction of sp³-hybridized carbons (Fsp3) is 1.00. The molecule has 1 heteroatoms. The Bertz CT molecular complexity index is 120. The summed E-state index contributed by atoms with van der Waals surface area (Å²) in [4.78, 5) is 2.69. The molecule has 1 nitrogen and oxygen atoms in total. The van der Waals surface area contributed by atoms with E-state index in [1.54, 1.807) is 0 Å². The Balaban J connectivity index is 2.30. The van der Waals surface area contributed by atoms with Crippen LogP contribution in [0.15, 0.2) is 0 Å². The fourth-order valence-corrected chi connectivity index (χ4v) is 2.25. The molecular weight excluding hydrogens is 146 g/mol. The molecule has 72 valence electrons. The third kappa shape index (κ3) is 2.48. The Morgan fingerprint density at radius 2 is 2.17 bits per heavy atom. The summed E-state index contributed by atoms with van der Waals surface area (Å²) in [6.45, 7) is 9.67. The molecule has 0 bridgehead atoms. The van der Waals surface area contributed by atoms with Gasteiger partial charge in [0, 0.05) is 6.04 Å². The molecule has 1 aliphatic heterocycles. The highest BCUT2D eigenvalue weighted by Gasteiger charge is 2.25. The number of likely N-dealkylation sites (tertiary alicyclic amines) is 1. The maximum atomic E-state index is 2.69. The van der Waals surface area contributed by atoms with E-state index in [0.717, 1.165) is 12.0 Å². The van der Waals surface area contributed by atoms with Gasteiger partial charge in [-0.3, -0.25) is 0 Å². The predicted octanol–water partition coefficient (Wildman–Crippen LogP) is 2.91. The zero-order chi connectivity index (χ0) is 8.97. The lowest BCUT2D eigenvalue weighted by atomic mass is 10.0. The Hall–Kier alpha value is -0.0400. The van der Waals surface area contributed by atoms with Crippen molar-refractivity contribution >= 4 is 0 Å². The second-order valence-corrected chi connectivity index (χ2v) is 4.34. The fourth-order valence-electron chi connectivity index (χ4n) is 2.25. The van der Waals surface area contributed by atoms with Crippen LogP contribution in [0.2, 0.25) is 0 Å². The lowest BCUT2D eigenvalue weighted by Crippen LogP contribution is -2.34. The zero-order valence-electron chi connectivity index (χ0n) is 8.84. The van der Waals surface area contributed by atoms with Gasteiger partial charge < -0.3 is 4.90 Å². The number of nitrogens with zero attached hydrogens (tertiary/aromatic N) is 1. The molecular formula is C11H23N. The van der Waals surface area contributed by atoms with Crippen molar-refractivity contribution in [1.29, 1.82) is 0 Å². The number of unbranched alkanes of at least 4 members (excludes halogenated alkanes) is 1. The summed E-state index contributed by atoms with van der Waals surface area (Å²) in [5.41, 5.74) is 0. The molecule has 0 aliphatic carbocycles. The molecule has 1 rings (SSSR count). The first-order valence-corrected chi connectivity index (χ1v) is 5.49. The summed E-state index contributed by atoms with van der Waals surface area (Å²) in [5, 5.41) is 0. The summed E-state index contributed by atoms with van der Waals surface area (Å²) in [7, 11) is 0. The van der Waals surface area contributed by atoms with Crippen molar-refractivity contribution in [2.24, 2.45) is 5.92 Å². The van der Waals surface area contributed by atoms with Crippen LogP contribution in [-0.4, -0.2) is 24.0 Å². The van der Waals surface area contributed by atoms with E-state index in [-0.39, 0.29) is 0 Å². The van der Waals surface area contributed by atoms with E-state index in [9.17, 15) is 0 Å². The Labute approximate surface area is 77.1 Å². The van der Waals surface area contributed by atoms with Crippen LogP contribution in [0.3, 0.4) is 0 Å². The van der Waals surface area contributed by atoms with Crippen LogP contribution >= 0.6 is 0 Å². The largest absolute Gasteiger partial charge is 0.300 e. The van der Waals surface area contributed by atoms with Gasteiger partial charge in [0.1, 0.15) is 0 Å². The molecule has 0 N–H and O–H groups in total. The van der Waals surface area contributed by atoms with Crippen molar-refractivity contribution in [3.8, 4) is 0 Å². The van der Waals surface area contributed by atoms with E-state index < -0.39 is 0 Å². The molecule has 1 unspecified atom stereocenters. The zero-order valence-corrected chi connectivity index (χ0v) is 8.84. The van der Waals surface area contributed by atoms with Gasteiger partial charge in [0.05, 0.1) is 0 Å². The minimum absolute atomic E-state index is 0.851. The minimum Gasteiger partial charge on any atom is -0.300 e. The molecule has 1 heterocycles. The van der Waals surface area contributed by atoms with Crippen molar-refractivity contribution in [2.75, 3.05) is 13.1 Å². The van der Waals surface area contributed by atoms with Gasteiger partial charge >= 0.3 is 0 Å². The van der Waals surface area contributed by atoms with Crippen molar-refractivity contribution in [3.05, 3.63) is 0 Å². The summed E-state index contributed by atoms with van der Waals surface area (Å²) in [5.74, 6) is 0.851. The summed E-state index contributed by atoms with van der Waals surface area (Å²) >= 11 is 0. The molecule has 0 aromatic carbocycles. The van der Waals surface area contributed by atoms with Crippen LogP contribution in [0.5, 0.6) is 0 Å². The van der Waals surface area contributed by atoms with Gasteiger partial charge in [0.25, 0.3) is 0 Å². The van der Waals surface area contributed by atoms with E-state index in [4.69, 9.17) is 0 Å². The highest BCUT2D eigenvalue weighted by molar-refractivity contribution is 4.80. The molecule has 0 spiro atoms. The first-order chi connectivity index (χ1) is 5.75. The standard InChI is InChI=1S/C11H23N/c1-4-5-8-12-9-6-7-11(12)10(2)3/h10-11H,4-9H2,1-3H3. The number of rotatable bonds is 4. The van der Waals surface area contributed by atoms with E-state index in [0.29, 0.717) is 0 Å². The normalized spacial score (nSPS) is 25.5. The molecule has 0 aromatic heterocycles. The summed E-state index contributed by atoms with van der Waals surface area (Å²) in [6.07, 6.45) is 5.57. The Morgan fingerprint density at radius 3 is 2.75 bits per heavy atom. The molecule has 0 amide bonds. The van der Waals surface area contributed by atoms with E-state index >= 15 is 0 Å². The van der Waals surface area contributed by atoms with Crippen molar-refractivity contribution in [1.82, 2.24) is 4.90 Å². The molecule has 1 fully saturated rings. The molecule has 1 atom stereocenters. The molecule has 1 saturated heterocycles. The lowest BCUT2D eigenvalue weighted by molar-refractivity contribution is 0.204. The first-order valence-electron chi connectivity index (χ1n) is 5.49. The van der Waals surface area contributed by atoms with Gasteiger partial charge in [-0.05, 0) is 38.3 Å². The maximum absolute atomic E-state index is 2.69. The number of hydrogen-bond donors (Lipinski definition) is 0. The Kier molecular flexibility index (Phi) is 4.07. The van der Waals surface area contributed by atoms with Crippen LogP contribution in [0.1, 0.15) is 46.5 Å². The van der Waals surface area contributed by atoms with Crippen LogP contribution in [-0.2, 0) is 0 Å². The van der Waals surface area contributed by atoms with Crippen molar-refractivity contribution in [2.45, 2.75) is 52.5 Å². The second-order valence-electron chi connectivity index (χ2n) is 4.34. The molecule has 0 saturated carbocycles. The van der Waals surface area contributed by atoms with Gasteiger partial charge in [-0.1, -0.05) is 27.2 Å². The van der Waals surface area contributed by atoms with Crippen LogP contribution < -0.4 is 0 Å². The average Bonchev–Trinajstić information content (AvgIpc) is 2.48. The monoisotopic (exact) mass is 169 g/mol. The first kappa shape index (κ1) is 10.0. The molecule has 12 heavy (non-hydrogen) atoms. The third-order valence-corrected chi connectivity index (χ3v) is 2.98. The number of hydrogen-bond acceptors (Lipinski definition) is 1. The van der Waals surface area contributed by atoms with Crippen molar-refractivity contribution in [3.63, 3.8) is 0 Å². The van der Waals surface area contributed by atoms with Crippen LogP contribution in [0.4, 0.5) is 0 Å². The third-order valence-electron chi connectivity index (χ3n) is 2.98. The van der Waals surface area contributed by atoms with Crippen molar-refractivity contribution < 1.29 is 0 Å². The average molecular weight is 169 g/mol. The second kappa shape index (κ2) is 4.86. The van der Waals surface area contributed by atoms with Gasteiger partial charge in [-0.15, -0.1) is 0 Å². The van der Waals surface area contributed by atoms with Gasteiger partial charge in [0.2, 0.25) is 0 Å². The highest BCUT2D eigenvalue weighted by Crippen LogP contribution is 2.23. The van der Waals surface area contributed by atoms with E-state index in [2.05, 4.69) is 25.7 Å². The van der Waals surface area contributed by atoms with Crippen LogP contribution in [0.25, 0.3) is 0 Å². The van der Waals surface area contributed by atoms with Gasteiger partial charge in [-0.2, -0.15) is 0 Å². The maximum Gasteiger partial charge on any atom is 0.0119 e. The van der Waals surface area contributed by atoms with E-state index in [1.807, 2.05) is 0 Å². The molecule has 0 radical (unpaired) electrons. The lowest BCUT2D eigenvalue weighted by Gasteiger charge is -2.27. The highest BCUT2D eigenvalue weighted by atomic mass is 15.2. The Morgan fingerprint density at radius 1 is 1.42 bits per heavy atom. The smallest absolute Gasteiger partial charge is 0.0119 e. The van der Waals surface area contributed by atoms with Gasteiger partial charge in [0.15, 0.2) is 0 Å². The topological polar surface area (TPSA) is 3.24 Å². The van der Waals surface area contributed by atoms with Gasteiger partial charge in [-0.25, -0.2) is 0 Å². The SMILES string of the molecule is CCCCN1CCCC1C(C)C. The predicted molar refractivity (Wildman–Crippen MR) is 54.3 cm³/mol. The van der Waals surface area contributed by atoms with E-state index in [1.165, 1.54) is 38.8 Å². The molecule has 1 aliphatic rings. The van der Waals surface area contributed by atoms with Crippen LogP contribution in [0, 0.1) is 5.92 Å².